The highest BCUT2D eigenvalue weighted by atomic mass is 16.6. The summed E-state index contributed by atoms with van der Waals surface area (Å²) in [7, 11) is 0. The summed E-state index contributed by atoms with van der Waals surface area (Å²) in [5.74, 6) is 0. The van der Waals surface area contributed by atoms with Crippen molar-refractivity contribution in [1.82, 2.24) is 0 Å². The largest absolute Gasteiger partial charge is 0.497 e. The monoisotopic (exact) mass is 721 g/mol. The summed E-state index contributed by atoms with van der Waals surface area (Å²) in [5, 5.41) is 0. The van der Waals surface area contributed by atoms with Gasteiger partial charge in [0, 0.05) is 0 Å². The third-order valence-electron chi connectivity index (χ3n) is 7.72. The van der Waals surface area contributed by atoms with Gasteiger partial charge in [0.05, 0.1) is 31.3 Å². The van der Waals surface area contributed by atoms with Crippen molar-refractivity contribution < 1.29 is 28.5 Å². The van der Waals surface area contributed by atoms with Crippen molar-refractivity contribution in [3.63, 3.8) is 0 Å². The zero-order valence-electron chi connectivity index (χ0n) is 33.2. The van der Waals surface area contributed by atoms with E-state index in [-0.39, 0.29) is 6.61 Å². The molecule has 6 nitrogen and oxygen atoms in total. The number of hydrogen-bond acceptors (Lipinski definition) is 6. The molecule has 52 heavy (non-hydrogen) atoms. The summed E-state index contributed by atoms with van der Waals surface area (Å²) in [6, 6.07) is 0. The number of allylic oxidation sites excluding steroid dienone is 15. The van der Waals surface area contributed by atoms with E-state index in [4.69, 9.17) is 23.7 Å². The van der Waals surface area contributed by atoms with Gasteiger partial charge in [-0.3, -0.25) is 4.79 Å². The second kappa shape index (κ2) is 39.8. The van der Waals surface area contributed by atoms with Gasteiger partial charge >= 0.3 is 0 Å². The molecular formula is C46H72O6. The van der Waals surface area contributed by atoms with E-state index in [1.807, 2.05) is 54.7 Å². The molecule has 0 saturated heterocycles. The molecule has 0 aromatic carbocycles. The van der Waals surface area contributed by atoms with Gasteiger partial charge in [0.25, 0.3) is 0 Å². The van der Waals surface area contributed by atoms with Crippen molar-refractivity contribution in [2.75, 3.05) is 6.61 Å². The van der Waals surface area contributed by atoms with Crippen LogP contribution in [-0.4, -0.2) is 37.3 Å². The number of aldehydes is 1. The molecule has 0 radical (unpaired) electrons. The summed E-state index contributed by atoms with van der Waals surface area (Å²) in [6.07, 6.45) is 51.2. The van der Waals surface area contributed by atoms with Crippen molar-refractivity contribution in [2.45, 2.75) is 155 Å². The van der Waals surface area contributed by atoms with Crippen molar-refractivity contribution in [2.24, 2.45) is 0 Å². The van der Waals surface area contributed by atoms with Gasteiger partial charge in [-0.15, -0.1) is 0 Å². The normalized spacial score (nSPS) is 15.2. The lowest BCUT2D eigenvalue weighted by Crippen LogP contribution is -2.49. The Morgan fingerprint density at radius 2 is 0.750 bits per heavy atom. The molecule has 292 valence electrons. The topological polar surface area (TPSA) is 63.2 Å². The van der Waals surface area contributed by atoms with Gasteiger partial charge in [0.2, 0.25) is 0 Å². The number of ether oxygens (including phenoxy) is 5. The first-order chi connectivity index (χ1) is 25.7. The molecule has 0 saturated carbocycles. The maximum atomic E-state index is 12.7. The fourth-order valence-electron chi connectivity index (χ4n) is 4.59. The lowest BCUT2D eigenvalue weighted by molar-refractivity contribution is -0.142. The molecule has 0 fully saturated rings. The molecule has 0 N–H and O–H groups in total. The zero-order chi connectivity index (χ0) is 38.0. The summed E-state index contributed by atoms with van der Waals surface area (Å²) in [4.78, 5) is 12.7. The van der Waals surface area contributed by atoms with E-state index in [1.54, 1.807) is 31.1 Å². The average Bonchev–Trinajstić information content (AvgIpc) is 3.16. The Labute approximate surface area is 318 Å². The average molecular weight is 721 g/mol. The molecule has 0 unspecified atom stereocenters. The van der Waals surface area contributed by atoms with Gasteiger partial charge in [-0.05, 0) is 62.5 Å². The van der Waals surface area contributed by atoms with Gasteiger partial charge in [-0.25, -0.2) is 0 Å². The molecule has 0 aromatic rings. The molecular weight excluding hydrogens is 649 g/mol. The number of carbonyl (C=O) groups is 1. The minimum atomic E-state index is -1.01. The van der Waals surface area contributed by atoms with E-state index in [2.05, 4.69) is 65.0 Å². The van der Waals surface area contributed by atoms with Crippen LogP contribution in [0.2, 0.25) is 0 Å². The predicted molar refractivity (Wildman–Crippen MR) is 221 cm³/mol. The lowest BCUT2D eigenvalue weighted by Gasteiger charge is -2.33. The standard InChI is InChI=1S/C46H72O6/c1-6-11-16-21-26-31-36-48-42-44(50-38-33-28-23-18-13-8-3)46(52-40-35-30-25-20-15-10-5)45(51-39-34-29-24-19-14-9-4)43(41-47)49-37-32-27-22-17-12-7-2/h21-41,43-46H,6-20,42H2,1-5H3/t43-,44+,45+,46+/m0/s1. The van der Waals surface area contributed by atoms with Crippen LogP contribution in [0, 0.1) is 0 Å². The quantitative estimate of drug-likeness (QED) is 0.0281. The molecule has 4 atom stereocenters. The van der Waals surface area contributed by atoms with Gasteiger partial charge in [-0.2, -0.15) is 0 Å². The highest BCUT2D eigenvalue weighted by molar-refractivity contribution is 5.57. The number of hydrogen-bond donors (Lipinski definition) is 0. The Hall–Kier alpha value is -3.93. The van der Waals surface area contributed by atoms with Gasteiger partial charge in [0.15, 0.2) is 30.7 Å². The van der Waals surface area contributed by atoms with Crippen LogP contribution in [0.3, 0.4) is 0 Å². The molecule has 0 aromatic heterocycles. The molecule has 6 heteroatoms. The molecule has 0 aliphatic rings. The van der Waals surface area contributed by atoms with E-state index in [1.165, 1.54) is 6.26 Å². The number of unbranched alkanes of at least 4 members (excludes halogenated alkanes) is 10. The third-order valence-corrected chi connectivity index (χ3v) is 7.72. The van der Waals surface area contributed by atoms with Gasteiger partial charge in [-0.1, -0.05) is 160 Å². The van der Waals surface area contributed by atoms with Crippen LogP contribution in [0.4, 0.5) is 0 Å². The first-order valence-electron chi connectivity index (χ1n) is 20.0. The minimum absolute atomic E-state index is 0.135. The second-order valence-corrected chi connectivity index (χ2v) is 12.4. The van der Waals surface area contributed by atoms with Crippen LogP contribution < -0.4 is 0 Å². The summed E-state index contributed by atoms with van der Waals surface area (Å²) >= 11 is 0. The fraction of sp³-hybridized carbons (Fsp3) is 0.543. The van der Waals surface area contributed by atoms with Crippen molar-refractivity contribution in [3.05, 3.63) is 122 Å². The molecule has 0 bridgehead atoms. The van der Waals surface area contributed by atoms with E-state index in [0.717, 1.165) is 103 Å². The molecule has 0 amide bonds. The fourth-order valence-corrected chi connectivity index (χ4v) is 4.59. The minimum Gasteiger partial charge on any atom is -0.497 e. The molecule has 0 rings (SSSR count). The highest BCUT2D eigenvalue weighted by Crippen LogP contribution is 2.20. The van der Waals surface area contributed by atoms with Crippen molar-refractivity contribution in [1.29, 1.82) is 0 Å². The van der Waals surface area contributed by atoms with Crippen LogP contribution in [0.15, 0.2) is 122 Å². The summed E-state index contributed by atoms with van der Waals surface area (Å²) in [6.45, 7) is 11.0. The van der Waals surface area contributed by atoms with Gasteiger partial charge < -0.3 is 23.7 Å². The van der Waals surface area contributed by atoms with E-state index in [9.17, 15) is 4.79 Å². The molecule has 0 heterocycles. The lowest BCUT2D eigenvalue weighted by atomic mass is 10.0. The Morgan fingerprint density at radius 1 is 0.404 bits per heavy atom. The first-order valence-corrected chi connectivity index (χ1v) is 20.0. The summed E-state index contributed by atoms with van der Waals surface area (Å²) < 4.78 is 31.0. The smallest absolute Gasteiger partial charge is 0.193 e. The Balaban J connectivity index is 6.61. The maximum Gasteiger partial charge on any atom is 0.193 e. The highest BCUT2D eigenvalue weighted by Gasteiger charge is 2.40. The first kappa shape index (κ1) is 48.1. The SMILES string of the molecule is CCCCC=CC=COC[C@@H](OC=CC=CCCCC)[C@@H](OC=CC=CCCCC)[C@H](OC=CC=CCCCC)[C@H](C=O)OC=CC=CCCCC. The van der Waals surface area contributed by atoms with Gasteiger partial charge in [0.1, 0.15) is 6.61 Å². The van der Waals surface area contributed by atoms with Crippen LogP contribution in [0.25, 0.3) is 0 Å². The van der Waals surface area contributed by atoms with E-state index >= 15 is 0 Å². The number of carbonyl (C=O) groups excluding carboxylic acids is 1. The Morgan fingerprint density at radius 3 is 1.13 bits per heavy atom. The Kier molecular flexibility index (Phi) is 36.8. The third kappa shape index (κ3) is 29.8. The Bertz CT molecular complexity index is 1090. The van der Waals surface area contributed by atoms with Crippen molar-refractivity contribution >= 4 is 6.29 Å². The second-order valence-electron chi connectivity index (χ2n) is 12.4. The van der Waals surface area contributed by atoms with Crippen LogP contribution >= 0.6 is 0 Å². The number of rotatable bonds is 35. The van der Waals surface area contributed by atoms with E-state index in [0.29, 0.717) is 0 Å². The van der Waals surface area contributed by atoms with Crippen molar-refractivity contribution in [3.8, 4) is 0 Å². The zero-order valence-corrected chi connectivity index (χ0v) is 33.2. The van der Waals surface area contributed by atoms with Crippen LogP contribution in [0.5, 0.6) is 0 Å². The molecule has 0 aliphatic heterocycles. The summed E-state index contributed by atoms with van der Waals surface area (Å²) in [5.41, 5.74) is 0. The van der Waals surface area contributed by atoms with Crippen LogP contribution in [-0.2, 0) is 28.5 Å². The van der Waals surface area contributed by atoms with E-state index < -0.39 is 24.4 Å². The predicted octanol–water partition coefficient (Wildman–Crippen LogP) is 13.0. The maximum absolute atomic E-state index is 12.7. The molecule has 0 aliphatic carbocycles. The molecule has 0 spiro atoms. The van der Waals surface area contributed by atoms with Crippen LogP contribution in [0.1, 0.15) is 131 Å².